The molecule has 0 unspecified atom stereocenters. The summed E-state index contributed by atoms with van der Waals surface area (Å²) in [5, 5.41) is 0. The molecular formula is C6H13N4Na. The quantitative estimate of drug-likeness (QED) is 0.339. The van der Waals surface area contributed by atoms with Crippen molar-refractivity contribution in [2.45, 2.75) is 0 Å². The number of nitrogens with zero attached hydrogens (tertiary/aromatic N) is 4. The Labute approximate surface area is 90.5 Å². The van der Waals surface area contributed by atoms with Gasteiger partial charge in [0.2, 0.25) is 0 Å². The molecule has 0 saturated carbocycles. The van der Waals surface area contributed by atoms with Crippen LogP contribution >= 0.6 is 0 Å². The van der Waals surface area contributed by atoms with Gasteiger partial charge in [-0.05, 0) is 0 Å². The van der Waals surface area contributed by atoms with E-state index in [4.69, 9.17) is 0 Å². The maximum Gasteiger partial charge on any atom is 1.00 e. The van der Waals surface area contributed by atoms with E-state index in [-0.39, 0.29) is 31.0 Å². The van der Waals surface area contributed by atoms with Gasteiger partial charge in [-0.1, -0.05) is 0 Å². The van der Waals surface area contributed by atoms with Crippen LogP contribution < -0.4 is 29.6 Å². The molecule has 4 bridgehead atoms. The van der Waals surface area contributed by atoms with E-state index in [1.165, 1.54) is 40.0 Å². The van der Waals surface area contributed by atoms with Gasteiger partial charge in [-0.3, -0.25) is 19.6 Å². The van der Waals surface area contributed by atoms with Crippen LogP contribution in [0, 0.1) is 0 Å². The van der Waals surface area contributed by atoms with E-state index in [2.05, 4.69) is 19.6 Å². The zero-order chi connectivity index (χ0) is 6.55. The van der Waals surface area contributed by atoms with Gasteiger partial charge in [0.1, 0.15) is 0 Å². The topological polar surface area (TPSA) is 13.0 Å². The summed E-state index contributed by atoms with van der Waals surface area (Å²) in [6.07, 6.45) is 0. The number of hydrogen-bond acceptors (Lipinski definition) is 4. The van der Waals surface area contributed by atoms with E-state index in [0.717, 1.165) is 0 Å². The molecule has 0 spiro atoms. The van der Waals surface area contributed by atoms with Crippen LogP contribution in [-0.2, 0) is 0 Å². The van der Waals surface area contributed by atoms with Crippen molar-refractivity contribution in [2.24, 2.45) is 0 Å². The van der Waals surface area contributed by atoms with Crippen LogP contribution in [0.4, 0.5) is 0 Å². The standard InChI is InChI=1S/C6H12N4.Na.H/c1-7-2-9-4-8(1)5-10(3-7)6-9;;/h1-6H2;;/q;+1;-1. The fourth-order valence-corrected chi connectivity index (χ4v) is 2.23. The summed E-state index contributed by atoms with van der Waals surface area (Å²) in [4.78, 5) is 9.88. The largest absolute Gasteiger partial charge is 1.00 e. The number of rotatable bonds is 0. The van der Waals surface area contributed by atoms with E-state index < -0.39 is 0 Å². The second-order valence-corrected chi connectivity index (χ2v) is 3.53. The Hall–Kier alpha value is 0.840. The van der Waals surface area contributed by atoms with Crippen molar-refractivity contribution in [2.75, 3.05) is 40.0 Å². The molecule has 0 aromatic carbocycles. The monoisotopic (exact) mass is 164 g/mol. The van der Waals surface area contributed by atoms with E-state index in [9.17, 15) is 0 Å². The van der Waals surface area contributed by atoms with Gasteiger partial charge in [0.05, 0.1) is 40.0 Å². The minimum atomic E-state index is 0. The molecule has 4 rings (SSSR count). The molecule has 0 amide bonds. The maximum absolute atomic E-state index is 2.47. The van der Waals surface area contributed by atoms with Crippen LogP contribution in [0.15, 0.2) is 0 Å². The summed E-state index contributed by atoms with van der Waals surface area (Å²) in [6.45, 7) is 7.12. The molecule has 0 aromatic heterocycles. The molecule has 4 aliphatic heterocycles. The second kappa shape index (κ2) is 2.96. The Kier molecular flexibility index (Phi) is 2.27. The van der Waals surface area contributed by atoms with Crippen LogP contribution in [0.1, 0.15) is 1.43 Å². The zero-order valence-corrected chi connectivity index (χ0v) is 9.03. The molecule has 58 valence electrons. The molecule has 0 radical (unpaired) electrons. The van der Waals surface area contributed by atoms with Crippen LogP contribution in [-0.4, -0.2) is 59.6 Å². The van der Waals surface area contributed by atoms with Gasteiger partial charge in [0.25, 0.3) is 0 Å². The molecule has 5 heteroatoms. The number of hydrogen-bond donors (Lipinski definition) is 0. The predicted octanol–water partition coefficient (Wildman–Crippen LogP) is -3.90. The average molecular weight is 164 g/mol. The normalized spacial score (nSPS) is 52.4. The molecular weight excluding hydrogens is 151 g/mol. The summed E-state index contributed by atoms with van der Waals surface area (Å²) in [7, 11) is 0. The Morgan fingerprint density at radius 2 is 0.727 bits per heavy atom. The van der Waals surface area contributed by atoms with Gasteiger partial charge in [-0.15, -0.1) is 0 Å². The zero-order valence-electron chi connectivity index (χ0n) is 8.03. The van der Waals surface area contributed by atoms with Gasteiger partial charge in [0.15, 0.2) is 0 Å². The van der Waals surface area contributed by atoms with Gasteiger partial charge >= 0.3 is 29.6 Å². The summed E-state index contributed by atoms with van der Waals surface area (Å²) < 4.78 is 0. The third-order valence-electron chi connectivity index (χ3n) is 2.40. The molecule has 0 aliphatic carbocycles. The fraction of sp³-hybridized carbons (Fsp3) is 1.00. The minimum Gasteiger partial charge on any atom is -1.00 e. The van der Waals surface area contributed by atoms with Crippen molar-refractivity contribution in [1.82, 2.24) is 19.6 Å². The van der Waals surface area contributed by atoms with Crippen molar-refractivity contribution in [3.63, 3.8) is 0 Å². The Morgan fingerprint density at radius 3 is 0.909 bits per heavy atom. The average Bonchev–Trinajstić information content (AvgIpc) is 1.82. The Balaban J connectivity index is 0.000000360. The van der Waals surface area contributed by atoms with E-state index in [1.54, 1.807) is 0 Å². The van der Waals surface area contributed by atoms with Crippen LogP contribution in [0.25, 0.3) is 0 Å². The first kappa shape index (κ1) is 8.44. The fourth-order valence-electron chi connectivity index (χ4n) is 2.23. The molecule has 4 nitrogen and oxygen atoms in total. The molecule has 4 fully saturated rings. The van der Waals surface area contributed by atoms with Crippen LogP contribution in [0.2, 0.25) is 0 Å². The molecule has 0 N–H and O–H groups in total. The summed E-state index contributed by atoms with van der Waals surface area (Å²) in [6, 6.07) is 0. The van der Waals surface area contributed by atoms with E-state index >= 15 is 0 Å². The molecule has 4 saturated heterocycles. The summed E-state index contributed by atoms with van der Waals surface area (Å²) in [5.74, 6) is 0. The Morgan fingerprint density at radius 1 is 0.545 bits per heavy atom. The minimum absolute atomic E-state index is 0. The van der Waals surface area contributed by atoms with Crippen molar-refractivity contribution < 1.29 is 31.0 Å². The van der Waals surface area contributed by atoms with Crippen molar-refractivity contribution in [3.8, 4) is 0 Å². The molecule has 11 heavy (non-hydrogen) atoms. The SMILES string of the molecule is C1N2CN3CN1CN(C2)C3.[H-].[Na+]. The first-order valence-electron chi connectivity index (χ1n) is 3.79. The second-order valence-electron chi connectivity index (χ2n) is 3.53. The van der Waals surface area contributed by atoms with E-state index in [0.29, 0.717) is 0 Å². The van der Waals surface area contributed by atoms with Gasteiger partial charge in [0, 0.05) is 0 Å². The molecule has 0 atom stereocenters. The van der Waals surface area contributed by atoms with Crippen LogP contribution in [0.3, 0.4) is 0 Å². The summed E-state index contributed by atoms with van der Waals surface area (Å²) in [5.41, 5.74) is 0. The van der Waals surface area contributed by atoms with Crippen molar-refractivity contribution >= 4 is 0 Å². The van der Waals surface area contributed by atoms with Gasteiger partial charge < -0.3 is 1.43 Å². The Bertz CT molecular complexity index is 111. The molecule has 4 heterocycles. The third-order valence-corrected chi connectivity index (χ3v) is 2.40. The molecule has 4 aliphatic rings. The smallest absolute Gasteiger partial charge is 1.00 e. The van der Waals surface area contributed by atoms with Gasteiger partial charge in [-0.25, -0.2) is 0 Å². The van der Waals surface area contributed by atoms with Crippen LogP contribution in [0.5, 0.6) is 0 Å². The maximum atomic E-state index is 2.47. The third kappa shape index (κ3) is 1.37. The van der Waals surface area contributed by atoms with Crippen molar-refractivity contribution in [1.29, 1.82) is 0 Å². The first-order chi connectivity index (χ1) is 4.90. The van der Waals surface area contributed by atoms with Crippen molar-refractivity contribution in [3.05, 3.63) is 0 Å². The summed E-state index contributed by atoms with van der Waals surface area (Å²) >= 11 is 0. The predicted molar refractivity (Wildman–Crippen MR) is 37.7 cm³/mol. The van der Waals surface area contributed by atoms with E-state index in [1.807, 2.05) is 0 Å². The first-order valence-corrected chi connectivity index (χ1v) is 3.79. The molecule has 0 aromatic rings. The van der Waals surface area contributed by atoms with Gasteiger partial charge in [-0.2, -0.15) is 0 Å².